The zero-order chi connectivity index (χ0) is 18.5. The lowest BCUT2D eigenvalue weighted by molar-refractivity contribution is -0.158. The topological polar surface area (TPSA) is 106 Å². The van der Waals surface area contributed by atoms with Gasteiger partial charge < -0.3 is 15.2 Å². The fourth-order valence-corrected chi connectivity index (χ4v) is 1.91. The molecule has 0 aliphatic carbocycles. The van der Waals surface area contributed by atoms with Crippen molar-refractivity contribution in [1.29, 1.82) is 0 Å². The number of carboxylic acid groups (broad SMARTS) is 1. The van der Waals surface area contributed by atoms with Crippen LogP contribution in [0.25, 0.3) is 0 Å². The highest BCUT2D eigenvalue weighted by molar-refractivity contribution is 5.97. The first-order valence-corrected chi connectivity index (χ1v) is 7.78. The minimum Gasteiger partial charge on any atom is -0.477 e. The number of hydrogen-bond donors (Lipinski definition) is 2. The summed E-state index contributed by atoms with van der Waals surface area (Å²) < 4.78 is 5.36. The summed E-state index contributed by atoms with van der Waals surface area (Å²) in [6.07, 6.45) is 1.85. The fraction of sp³-hybridized carbons (Fsp3) is 0.529. The zero-order valence-corrected chi connectivity index (χ0v) is 14.6. The molecule has 2 N–H and O–H groups in total. The number of amides is 1. The summed E-state index contributed by atoms with van der Waals surface area (Å²) in [5.41, 5.74) is -0.632. The summed E-state index contributed by atoms with van der Waals surface area (Å²) in [7, 11) is 0. The number of aromatic nitrogens is 1. The van der Waals surface area contributed by atoms with E-state index in [-0.39, 0.29) is 17.2 Å². The minimum atomic E-state index is -1.17. The van der Waals surface area contributed by atoms with Gasteiger partial charge in [0.2, 0.25) is 0 Å². The van der Waals surface area contributed by atoms with Crippen molar-refractivity contribution < 1.29 is 24.2 Å². The molecule has 0 spiro atoms. The Hall–Kier alpha value is -2.44. The second-order valence-electron chi connectivity index (χ2n) is 6.61. The molecular formula is C17H24N2O5. The number of nitrogens with zero attached hydrogens (tertiary/aromatic N) is 1. The maximum Gasteiger partial charge on any atom is 0.354 e. The molecule has 0 saturated carbocycles. The van der Waals surface area contributed by atoms with Gasteiger partial charge in [0, 0.05) is 6.20 Å². The Balaban J connectivity index is 2.91. The maximum atomic E-state index is 12.3. The Kier molecular flexibility index (Phi) is 6.45. The Morgan fingerprint density at radius 1 is 1.29 bits per heavy atom. The average molecular weight is 336 g/mol. The molecule has 24 heavy (non-hydrogen) atoms. The molecule has 1 rings (SSSR count). The standard InChI is InChI=1S/C17H24N2O5/c1-6-10(2)13(16(23)24-17(3,4)5)19-14(20)11-7-8-12(15(21)22)18-9-11/h7-10,13H,6H2,1-5H3,(H,19,20)(H,21,22)/t10-,13-/m0/s1. The van der Waals surface area contributed by atoms with Crippen molar-refractivity contribution in [2.24, 2.45) is 5.92 Å². The molecule has 7 heteroatoms. The van der Waals surface area contributed by atoms with Crippen LogP contribution in [0, 0.1) is 5.92 Å². The van der Waals surface area contributed by atoms with E-state index in [0.717, 1.165) is 0 Å². The summed E-state index contributed by atoms with van der Waals surface area (Å²) in [6.45, 7) is 9.04. The quantitative estimate of drug-likeness (QED) is 0.772. The summed E-state index contributed by atoms with van der Waals surface area (Å²) in [5, 5.41) is 11.5. The molecule has 0 unspecified atom stereocenters. The third kappa shape index (κ3) is 5.64. The number of carboxylic acids is 1. The SMILES string of the molecule is CC[C@H](C)[C@H](NC(=O)c1ccc(C(=O)O)nc1)C(=O)OC(C)(C)C. The molecule has 7 nitrogen and oxygen atoms in total. The summed E-state index contributed by atoms with van der Waals surface area (Å²) in [4.78, 5) is 39.1. The van der Waals surface area contributed by atoms with Crippen LogP contribution in [-0.4, -0.2) is 39.6 Å². The first kappa shape index (κ1) is 19.6. The van der Waals surface area contributed by atoms with E-state index in [4.69, 9.17) is 9.84 Å². The highest BCUT2D eigenvalue weighted by atomic mass is 16.6. The van der Waals surface area contributed by atoms with Crippen LogP contribution in [-0.2, 0) is 9.53 Å². The molecule has 0 radical (unpaired) electrons. The van der Waals surface area contributed by atoms with Gasteiger partial charge in [-0.15, -0.1) is 0 Å². The molecule has 0 fully saturated rings. The van der Waals surface area contributed by atoms with Crippen LogP contribution in [0.1, 0.15) is 61.9 Å². The van der Waals surface area contributed by atoms with Gasteiger partial charge in [0.15, 0.2) is 0 Å². The molecule has 0 aliphatic heterocycles. The normalized spacial score (nSPS) is 13.7. The van der Waals surface area contributed by atoms with Crippen molar-refractivity contribution in [2.45, 2.75) is 52.7 Å². The molecule has 0 aromatic carbocycles. The average Bonchev–Trinajstić information content (AvgIpc) is 2.49. The molecular weight excluding hydrogens is 312 g/mol. The third-order valence-electron chi connectivity index (χ3n) is 3.41. The molecule has 1 aromatic rings. The second-order valence-corrected chi connectivity index (χ2v) is 6.61. The number of nitrogens with one attached hydrogen (secondary N) is 1. The molecule has 0 saturated heterocycles. The van der Waals surface area contributed by atoms with E-state index >= 15 is 0 Å². The Bertz CT molecular complexity index is 604. The van der Waals surface area contributed by atoms with Gasteiger partial charge >= 0.3 is 11.9 Å². The smallest absolute Gasteiger partial charge is 0.354 e. The van der Waals surface area contributed by atoms with Crippen LogP contribution >= 0.6 is 0 Å². The van der Waals surface area contributed by atoms with Crippen LogP contribution < -0.4 is 5.32 Å². The van der Waals surface area contributed by atoms with E-state index in [1.165, 1.54) is 18.3 Å². The Morgan fingerprint density at radius 2 is 1.92 bits per heavy atom. The van der Waals surface area contributed by atoms with Crippen molar-refractivity contribution in [2.75, 3.05) is 0 Å². The van der Waals surface area contributed by atoms with Crippen molar-refractivity contribution in [3.05, 3.63) is 29.6 Å². The van der Waals surface area contributed by atoms with Gasteiger partial charge in [-0.2, -0.15) is 0 Å². The van der Waals surface area contributed by atoms with Gasteiger partial charge in [0.1, 0.15) is 17.3 Å². The number of carbonyl (C=O) groups is 3. The number of ether oxygens (including phenoxy) is 1. The van der Waals surface area contributed by atoms with E-state index in [1.807, 2.05) is 13.8 Å². The van der Waals surface area contributed by atoms with Crippen LogP contribution in [0.2, 0.25) is 0 Å². The number of esters is 1. The molecule has 1 heterocycles. The lowest BCUT2D eigenvalue weighted by Crippen LogP contribution is -2.47. The third-order valence-corrected chi connectivity index (χ3v) is 3.41. The molecule has 1 aromatic heterocycles. The van der Waals surface area contributed by atoms with E-state index in [9.17, 15) is 14.4 Å². The van der Waals surface area contributed by atoms with Crippen molar-refractivity contribution in [1.82, 2.24) is 10.3 Å². The fourth-order valence-electron chi connectivity index (χ4n) is 1.91. The van der Waals surface area contributed by atoms with Crippen LogP contribution in [0.5, 0.6) is 0 Å². The summed E-state index contributed by atoms with van der Waals surface area (Å²) in [5.74, 6) is -2.29. The Labute approximate surface area is 141 Å². The molecule has 0 aliphatic rings. The first-order chi connectivity index (χ1) is 11.0. The van der Waals surface area contributed by atoms with Gasteiger partial charge in [-0.3, -0.25) is 4.79 Å². The monoisotopic (exact) mass is 336 g/mol. The van der Waals surface area contributed by atoms with Gasteiger partial charge in [0.25, 0.3) is 5.91 Å². The van der Waals surface area contributed by atoms with Gasteiger partial charge in [-0.25, -0.2) is 14.6 Å². The predicted molar refractivity (Wildman–Crippen MR) is 87.8 cm³/mol. The number of rotatable bonds is 6. The number of aromatic carboxylic acids is 1. The van der Waals surface area contributed by atoms with E-state index in [1.54, 1.807) is 20.8 Å². The minimum absolute atomic E-state index is 0.116. The van der Waals surface area contributed by atoms with E-state index in [2.05, 4.69) is 10.3 Å². The molecule has 1 amide bonds. The summed E-state index contributed by atoms with van der Waals surface area (Å²) >= 11 is 0. The van der Waals surface area contributed by atoms with E-state index < -0.39 is 29.5 Å². The highest BCUT2D eigenvalue weighted by Gasteiger charge is 2.30. The lowest BCUT2D eigenvalue weighted by Gasteiger charge is -2.27. The van der Waals surface area contributed by atoms with E-state index in [0.29, 0.717) is 6.42 Å². The van der Waals surface area contributed by atoms with Crippen molar-refractivity contribution >= 4 is 17.8 Å². The number of hydrogen-bond acceptors (Lipinski definition) is 5. The van der Waals surface area contributed by atoms with Gasteiger partial charge in [-0.05, 0) is 38.8 Å². The first-order valence-electron chi connectivity index (χ1n) is 7.78. The number of pyridine rings is 1. The summed E-state index contributed by atoms with van der Waals surface area (Å²) in [6, 6.07) is 1.80. The van der Waals surface area contributed by atoms with Gasteiger partial charge in [-0.1, -0.05) is 20.3 Å². The van der Waals surface area contributed by atoms with Crippen molar-refractivity contribution in [3.63, 3.8) is 0 Å². The molecule has 132 valence electrons. The van der Waals surface area contributed by atoms with Crippen LogP contribution in [0.15, 0.2) is 18.3 Å². The molecule has 0 bridgehead atoms. The lowest BCUT2D eigenvalue weighted by atomic mass is 9.98. The highest BCUT2D eigenvalue weighted by Crippen LogP contribution is 2.15. The number of carbonyl (C=O) groups excluding carboxylic acids is 2. The Morgan fingerprint density at radius 3 is 2.33 bits per heavy atom. The zero-order valence-electron chi connectivity index (χ0n) is 14.6. The predicted octanol–water partition coefficient (Wildman–Crippen LogP) is 2.27. The van der Waals surface area contributed by atoms with Gasteiger partial charge in [0.05, 0.1) is 5.56 Å². The maximum absolute atomic E-state index is 12.3. The van der Waals surface area contributed by atoms with Crippen molar-refractivity contribution in [3.8, 4) is 0 Å². The van der Waals surface area contributed by atoms with Crippen LogP contribution in [0.3, 0.4) is 0 Å². The largest absolute Gasteiger partial charge is 0.477 e. The van der Waals surface area contributed by atoms with Crippen LogP contribution in [0.4, 0.5) is 0 Å². The molecule has 2 atom stereocenters. The second kappa shape index (κ2) is 7.90.